The maximum absolute atomic E-state index is 10.7. The van der Waals surface area contributed by atoms with Gasteiger partial charge in [0.15, 0.2) is 0 Å². The molecule has 0 unspecified atom stereocenters. The van der Waals surface area contributed by atoms with Gasteiger partial charge in [0.05, 0.1) is 6.61 Å². The number of piperidine rings is 1. The van der Waals surface area contributed by atoms with E-state index < -0.39 is 0 Å². The molecular formula is C17H25NO2. The molecule has 1 saturated heterocycles. The quantitative estimate of drug-likeness (QED) is 0.590. The summed E-state index contributed by atoms with van der Waals surface area (Å²) in [6.45, 7) is 8.11. The number of nitrogens with zero attached hydrogens (tertiary/aromatic N) is 1. The zero-order valence-corrected chi connectivity index (χ0v) is 12.6. The van der Waals surface area contributed by atoms with Gasteiger partial charge in [0.1, 0.15) is 12.0 Å². The number of carbonyl (C=O) groups is 1. The molecule has 1 aromatic rings. The van der Waals surface area contributed by atoms with E-state index in [2.05, 4.69) is 36.9 Å². The highest BCUT2D eigenvalue weighted by Gasteiger charge is 2.17. The van der Waals surface area contributed by atoms with Gasteiger partial charge >= 0.3 is 0 Å². The lowest BCUT2D eigenvalue weighted by Gasteiger charge is -2.29. The lowest BCUT2D eigenvalue weighted by atomic mass is 9.98. The highest BCUT2D eigenvalue weighted by molar-refractivity contribution is 5.53. The fourth-order valence-corrected chi connectivity index (χ4v) is 2.81. The first-order valence-corrected chi connectivity index (χ1v) is 7.56. The summed E-state index contributed by atoms with van der Waals surface area (Å²) in [5.74, 6) is 1.26. The summed E-state index contributed by atoms with van der Waals surface area (Å²) in [7, 11) is 0. The van der Waals surface area contributed by atoms with Crippen molar-refractivity contribution in [1.29, 1.82) is 0 Å². The van der Waals surface area contributed by atoms with Gasteiger partial charge < -0.3 is 14.4 Å². The van der Waals surface area contributed by atoms with E-state index in [1.165, 1.54) is 11.1 Å². The zero-order chi connectivity index (χ0) is 14.4. The van der Waals surface area contributed by atoms with Crippen LogP contribution in [0.5, 0.6) is 5.75 Å². The van der Waals surface area contributed by atoms with Crippen LogP contribution in [0, 0.1) is 19.8 Å². The molecule has 0 bridgehead atoms. The molecule has 0 spiro atoms. The van der Waals surface area contributed by atoms with Crippen molar-refractivity contribution in [3.63, 3.8) is 0 Å². The number of benzene rings is 1. The van der Waals surface area contributed by atoms with Crippen LogP contribution in [0.15, 0.2) is 18.2 Å². The summed E-state index contributed by atoms with van der Waals surface area (Å²) in [5, 5.41) is 0. The molecule has 0 saturated carbocycles. The number of carbonyl (C=O) groups excluding carboxylic acids is 1. The molecule has 110 valence electrons. The molecular weight excluding hydrogens is 250 g/mol. The average Bonchev–Trinajstić information content (AvgIpc) is 2.43. The Morgan fingerprint density at radius 2 is 1.85 bits per heavy atom. The molecule has 0 amide bonds. The van der Waals surface area contributed by atoms with Crippen molar-refractivity contribution in [2.75, 3.05) is 26.2 Å². The smallest absolute Gasteiger partial charge is 0.123 e. The SMILES string of the molecule is Cc1cc(C)cc(OCCCN2CCC(C=O)CC2)c1. The van der Waals surface area contributed by atoms with Gasteiger partial charge in [0, 0.05) is 12.5 Å². The number of aldehydes is 1. The van der Waals surface area contributed by atoms with E-state index in [-0.39, 0.29) is 5.92 Å². The Bertz CT molecular complexity index is 416. The first-order chi connectivity index (χ1) is 9.67. The number of rotatable bonds is 6. The van der Waals surface area contributed by atoms with Crippen LogP contribution in [0.2, 0.25) is 0 Å². The minimum Gasteiger partial charge on any atom is -0.494 e. The molecule has 3 heteroatoms. The van der Waals surface area contributed by atoms with Crippen LogP contribution in [-0.4, -0.2) is 37.4 Å². The number of likely N-dealkylation sites (tertiary alicyclic amines) is 1. The Kier molecular flexibility index (Phi) is 5.60. The Morgan fingerprint density at radius 1 is 1.20 bits per heavy atom. The van der Waals surface area contributed by atoms with Gasteiger partial charge in [0.2, 0.25) is 0 Å². The van der Waals surface area contributed by atoms with E-state index in [0.29, 0.717) is 0 Å². The molecule has 1 fully saturated rings. The maximum atomic E-state index is 10.7. The molecule has 1 aliphatic rings. The second-order valence-electron chi connectivity index (χ2n) is 5.84. The van der Waals surface area contributed by atoms with Crippen molar-refractivity contribution in [2.45, 2.75) is 33.1 Å². The minimum absolute atomic E-state index is 0.290. The van der Waals surface area contributed by atoms with Gasteiger partial charge in [-0.25, -0.2) is 0 Å². The average molecular weight is 275 g/mol. The molecule has 0 aromatic heterocycles. The summed E-state index contributed by atoms with van der Waals surface area (Å²) >= 11 is 0. The van der Waals surface area contributed by atoms with Gasteiger partial charge in [-0.2, -0.15) is 0 Å². The second kappa shape index (κ2) is 7.44. The van der Waals surface area contributed by atoms with Gasteiger partial charge in [-0.05, 0) is 69.5 Å². The van der Waals surface area contributed by atoms with Gasteiger partial charge in [-0.15, -0.1) is 0 Å². The Morgan fingerprint density at radius 3 is 2.45 bits per heavy atom. The van der Waals surface area contributed by atoms with Crippen molar-refractivity contribution < 1.29 is 9.53 Å². The van der Waals surface area contributed by atoms with E-state index in [1.807, 2.05) is 0 Å². The molecule has 3 nitrogen and oxygen atoms in total. The normalized spacial score (nSPS) is 17.1. The van der Waals surface area contributed by atoms with Crippen LogP contribution in [0.3, 0.4) is 0 Å². The molecule has 0 aliphatic carbocycles. The van der Waals surface area contributed by atoms with E-state index in [1.54, 1.807) is 0 Å². The summed E-state index contributed by atoms with van der Waals surface area (Å²) in [4.78, 5) is 13.1. The van der Waals surface area contributed by atoms with Crippen molar-refractivity contribution in [3.8, 4) is 5.75 Å². The molecule has 0 radical (unpaired) electrons. The lowest BCUT2D eigenvalue weighted by Crippen LogP contribution is -2.35. The zero-order valence-electron chi connectivity index (χ0n) is 12.6. The first kappa shape index (κ1) is 15.0. The van der Waals surface area contributed by atoms with E-state index in [0.717, 1.165) is 57.5 Å². The maximum Gasteiger partial charge on any atom is 0.123 e. The standard InChI is InChI=1S/C17H25NO2/c1-14-10-15(2)12-17(11-14)20-9-3-6-18-7-4-16(13-19)5-8-18/h10-13,16H,3-9H2,1-2H3. The van der Waals surface area contributed by atoms with Gasteiger partial charge in [-0.1, -0.05) is 6.07 Å². The Balaban J connectivity index is 1.65. The number of ether oxygens (including phenoxy) is 1. The van der Waals surface area contributed by atoms with Crippen LogP contribution in [0.25, 0.3) is 0 Å². The third kappa shape index (κ3) is 4.64. The number of aryl methyl sites for hydroxylation is 2. The van der Waals surface area contributed by atoms with Crippen molar-refractivity contribution >= 4 is 6.29 Å². The number of hydrogen-bond donors (Lipinski definition) is 0. The fourth-order valence-electron chi connectivity index (χ4n) is 2.81. The monoisotopic (exact) mass is 275 g/mol. The Labute approximate surface area is 121 Å². The molecule has 20 heavy (non-hydrogen) atoms. The Hall–Kier alpha value is -1.35. The third-order valence-corrected chi connectivity index (χ3v) is 3.91. The van der Waals surface area contributed by atoms with E-state index >= 15 is 0 Å². The predicted octanol–water partition coefficient (Wildman–Crippen LogP) is 2.98. The predicted molar refractivity (Wildman–Crippen MR) is 81.3 cm³/mol. The molecule has 1 heterocycles. The van der Waals surface area contributed by atoms with E-state index in [9.17, 15) is 4.79 Å². The second-order valence-corrected chi connectivity index (χ2v) is 5.84. The van der Waals surface area contributed by atoms with Crippen LogP contribution < -0.4 is 4.74 Å². The molecule has 1 aliphatic heterocycles. The van der Waals surface area contributed by atoms with Crippen LogP contribution in [0.1, 0.15) is 30.4 Å². The summed E-state index contributed by atoms with van der Waals surface area (Å²) in [5.41, 5.74) is 2.49. The van der Waals surface area contributed by atoms with Crippen molar-refractivity contribution in [3.05, 3.63) is 29.3 Å². The molecule has 1 aromatic carbocycles. The fraction of sp³-hybridized carbons (Fsp3) is 0.588. The van der Waals surface area contributed by atoms with Crippen LogP contribution >= 0.6 is 0 Å². The van der Waals surface area contributed by atoms with Crippen LogP contribution in [0.4, 0.5) is 0 Å². The van der Waals surface area contributed by atoms with Gasteiger partial charge in [-0.3, -0.25) is 0 Å². The summed E-state index contributed by atoms with van der Waals surface area (Å²) < 4.78 is 5.82. The third-order valence-electron chi connectivity index (χ3n) is 3.91. The molecule has 2 rings (SSSR count). The highest BCUT2D eigenvalue weighted by Crippen LogP contribution is 2.17. The van der Waals surface area contributed by atoms with Crippen molar-refractivity contribution in [1.82, 2.24) is 4.90 Å². The highest BCUT2D eigenvalue weighted by atomic mass is 16.5. The van der Waals surface area contributed by atoms with Crippen LogP contribution in [-0.2, 0) is 4.79 Å². The molecule has 0 atom stereocenters. The van der Waals surface area contributed by atoms with Gasteiger partial charge in [0.25, 0.3) is 0 Å². The number of hydrogen-bond acceptors (Lipinski definition) is 3. The topological polar surface area (TPSA) is 29.5 Å². The summed E-state index contributed by atoms with van der Waals surface area (Å²) in [6, 6.07) is 6.33. The lowest BCUT2D eigenvalue weighted by molar-refractivity contribution is -0.112. The molecule has 0 N–H and O–H groups in total. The van der Waals surface area contributed by atoms with E-state index in [4.69, 9.17) is 4.74 Å². The first-order valence-electron chi connectivity index (χ1n) is 7.56. The summed E-state index contributed by atoms with van der Waals surface area (Å²) in [6.07, 6.45) is 4.18. The minimum atomic E-state index is 0.290. The largest absolute Gasteiger partial charge is 0.494 e. The van der Waals surface area contributed by atoms with Crippen molar-refractivity contribution in [2.24, 2.45) is 5.92 Å².